The second-order valence-corrected chi connectivity index (χ2v) is 19.8. The van der Waals surface area contributed by atoms with Gasteiger partial charge in [0.2, 0.25) is 5.69 Å². The summed E-state index contributed by atoms with van der Waals surface area (Å²) in [5.74, 6) is -1.60. The van der Waals surface area contributed by atoms with Crippen LogP contribution in [-0.4, -0.2) is 85.0 Å². The second-order valence-electron chi connectivity index (χ2n) is 14.7. The molecule has 290 valence electrons. The minimum atomic E-state index is -4.74. The van der Waals surface area contributed by atoms with Gasteiger partial charge < -0.3 is 33.3 Å². The van der Waals surface area contributed by atoms with Crippen LogP contribution in [0.5, 0.6) is 0 Å². The standard InChI is InChI=1S/C36H40N2O12S4/c1-35-12-11-25(34(35)38(21-26(39)22-53(44,45)46)31-8-6-27(51-50-40)19-29(31)35)18-24-4-2-3-23(17-24)5-10-33-36(13-14-36)30-20-28(54(47,48)49)7-9-32(30)37(33)15-16-52(41,42)43/h5-10,17-20,26,39H,2-4,11-16,21-22H2,1H3,(H3-,40,41,42,43,44,45,46,47,48,49)/p-3. The lowest BCUT2D eigenvalue weighted by molar-refractivity contribution is -0.630. The van der Waals surface area contributed by atoms with E-state index < -0.39 is 58.8 Å². The third kappa shape index (κ3) is 7.65. The number of benzene rings is 2. The molecule has 5 aliphatic rings. The third-order valence-corrected chi connectivity index (χ3v) is 13.9. The Hall–Kier alpha value is -3.17. The molecule has 1 spiro atoms. The Kier molecular flexibility index (Phi) is 10.2. The van der Waals surface area contributed by atoms with Gasteiger partial charge in [0.15, 0.2) is 12.3 Å². The number of fused-ring (bicyclic) bond motifs is 5. The number of rotatable bonds is 12. The topological polar surface area (TPSA) is 230 Å². The molecule has 2 fully saturated rings. The highest BCUT2D eigenvalue weighted by atomic mass is 32.2. The van der Waals surface area contributed by atoms with Gasteiger partial charge in [0.05, 0.1) is 42.1 Å². The Balaban J connectivity index is 1.25. The second kappa shape index (κ2) is 14.1. The molecule has 54 heavy (non-hydrogen) atoms. The summed E-state index contributed by atoms with van der Waals surface area (Å²) in [5, 5.41) is 21.6. The fourth-order valence-electron chi connectivity index (χ4n) is 8.64. The number of hydrogen-bond donors (Lipinski definition) is 1. The fraction of sp³-hybridized carbons (Fsp3) is 0.417. The van der Waals surface area contributed by atoms with Gasteiger partial charge in [0, 0.05) is 57.5 Å². The normalized spacial score (nSPS) is 24.7. The quantitative estimate of drug-likeness (QED) is 0.107. The van der Waals surface area contributed by atoms with Crippen molar-refractivity contribution in [1.29, 1.82) is 0 Å². The zero-order valence-electron chi connectivity index (χ0n) is 29.1. The maximum Gasteiger partial charge on any atom is 0.209 e. The summed E-state index contributed by atoms with van der Waals surface area (Å²) in [6.07, 6.45) is 11.6. The summed E-state index contributed by atoms with van der Waals surface area (Å²) < 4.78 is 111. The summed E-state index contributed by atoms with van der Waals surface area (Å²) in [5.41, 5.74) is 6.29. The summed E-state index contributed by atoms with van der Waals surface area (Å²) in [4.78, 5) is 1.95. The molecule has 0 radical (unpaired) electrons. The molecule has 2 heterocycles. The summed E-state index contributed by atoms with van der Waals surface area (Å²) in [7, 11) is -14.0. The molecule has 0 bridgehead atoms. The molecule has 2 aromatic rings. The van der Waals surface area contributed by atoms with Crippen molar-refractivity contribution in [2.75, 3.05) is 29.5 Å². The molecule has 0 saturated heterocycles. The lowest BCUT2D eigenvalue weighted by atomic mass is 9.80. The first-order chi connectivity index (χ1) is 25.3. The lowest BCUT2D eigenvalue weighted by Crippen LogP contribution is -2.33. The maximum absolute atomic E-state index is 11.9. The molecule has 14 nitrogen and oxygen atoms in total. The molecule has 18 heteroatoms. The molecule has 0 aromatic heterocycles. The van der Waals surface area contributed by atoms with Crippen molar-refractivity contribution >= 4 is 59.5 Å². The Morgan fingerprint density at radius 3 is 2.39 bits per heavy atom. The first-order valence-corrected chi connectivity index (χ1v) is 22.6. The summed E-state index contributed by atoms with van der Waals surface area (Å²) in [6.45, 7) is 1.79. The van der Waals surface area contributed by atoms with Crippen molar-refractivity contribution in [2.45, 2.75) is 78.6 Å². The number of β-amino-alcohol motifs (C(OH)–C–C–N with tert-alkyl or cyclic N) is 1. The van der Waals surface area contributed by atoms with Crippen LogP contribution < -0.4 is 10.2 Å². The van der Waals surface area contributed by atoms with Crippen LogP contribution in [0.3, 0.4) is 0 Å². The first kappa shape index (κ1) is 39.1. The van der Waals surface area contributed by atoms with E-state index in [0.717, 1.165) is 58.6 Å². The molecule has 1 N–H and O–H groups in total. The monoisotopic (exact) mass is 817 g/mol. The van der Waals surface area contributed by atoms with E-state index in [-0.39, 0.29) is 18.0 Å². The van der Waals surface area contributed by atoms with Gasteiger partial charge in [-0.25, -0.2) is 25.3 Å². The molecular formula is C36H37N2O12S4-3. The molecule has 2 aromatic carbocycles. The molecule has 2 aliphatic heterocycles. The van der Waals surface area contributed by atoms with E-state index in [2.05, 4.69) is 23.4 Å². The van der Waals surface area contributed by atoms with Gasteiger partial charge in [0.1, 0.15) is 16.2 Å². The number of hydrogen-bond acceptors (Lipinski definition) is 14. The highest BCUT2D eigenvalue weighted by molar-refractivity contribution is 7.94. The maximum atomic E-state index is 11.9. The van der Waals surface area contributed by atoms with Crippen LogP contribution in [-0.2, 0) is 45.5 Å². The van der Waals surface area contributed by atoms with Gasteiger partial charge in [-0.05, 0) is 111 Å². The van der Waals surface area contributed by atoms with Crippen molar-refractivity contribution in [3.05, 3.63) is 94.2 Å². The average Bonchev–Trinajstić information content (AvgIpc) is 3.68. The van der Waals surface area contributed by atoms with Gasteiger partial charge in [-0.15, -0.1) is 0 Å². The number of allylic oxidation sites excluding steroid dienone is 8. The molecule has 2 saturated carbocycles. The molecule has 0 amide bonds. The van der Waals surface area contributed by atoms with E-state index in [1.54, 1.807) is 17.0 Å². The number of aliphatic hydroxyl groups is 1. The highest BCUT2D eigenvalue weighted by Crippen LogP contribution is 2.62. The fourth-order valence-corrected chi connectivity index (χ4v) is 10.5. The van der Waals surface area contributed by atoms with Crippen molar-refractivity contribution < 1.29 is 58.2 Å². The molecule has 7 rings (SSSR count). The van der Waals surface area contributed by atoms with Gasteiger partial charge in [-0.3, -0.25) is 0 Å². The zero-order chi connectivity index (χ0) is 38.8. The summed E-state index contributed by atoms with van der Waals surface area (Å²) >= 11 is 0.677. The van der Waals surface area contributed by atoms with E-state index in [1.807, 2.05) is 22.8 Å². The van der Waals surface area contributed by atoms with Gasteiger partial charge in [-0.2, -0.15) is 4.58 Å². The molecule has 2 atom stereocenters. The predicted molar refractivity (Wildman–Crippen MR) is 194 cm³/mol. The van der Waals surface area contributed by atoms with Crippen LogP contribution in [0.15, 0.2) is 92.9 Å². The minimum absolute atomic E-state index is 0.129. The molecular weight excluding hydrogens is 781 g/mol. The zero-order valence-corrected chi connectivity index (χ0v) is 32.4. The van der Waals surface area contributed by atoms with Gasteiger partial charge >= 0.3 is 0 Å². The van der Waals surface area contributed by atoms with Gasteiger partial charge in [0.25, 0.3) is 0 Å². The SMILES string of the molecule is CC12CC/C(=C\C3=CC(=C/C=C4\N(CCS(=O)(=O)[O-])c5ccc(S(=O)(=O)[O-])cc5C45CC5)/CCC3)C1=[N+](CC(O)CS(=O)(=O)[O-])c1ccc(SO[O-])cc12. The molecule has 2 unspecified atom stereocenters. The van der Waals surface area contributed by atoms with Crippen LogP contribution in [0, 0.1) is 0 Å². The van der Waals surface area contributed by atoms with Crippen LogP contribution >= 0.6 is 12.0 Å². The Bertz CT molecular complexity index is 2410. The van der Waals surface area contributed by atoms with Crippen molar-refractivity contribution in [1.82, 2.24) is 0 Å². The number of anilines is 1. The van der Waals surface area contributed by atoms with E-state index >= 15 is 0 Å². The van der Waals surface area contributed by atoms with Crippen molar-refractivity contribution in [2.24, 2.45) is 0 Å². The van der Waals surface area contributed by atoms with Crippen molar-refractivity contribution in [3.8, 4) is 0 Å². The van der Waals surface area contributed by atoms with Crippen LogP contribution in [0.1, 0.15) is 63.0 Å². The Morgan fingerprint density at radius 2 is 1.72 bits per heavy atom. The van der Waals surface area contributed by atoms with E-state index in [4.69, 9.17) is 0 Å². The van der Waals surface area contributed by atoms with Crippen LogP contribution in [0.4, 0.5) is 11.4 Å². The smallest absolute Gasteiger partial charge is 0.209 e. The van der Waals surface area contributed by atoms with Crippen molar-refractivity contribution in [3.63, 3.8) is 0 Å². The predicted octanol–water partition coefficient (Wildman–Crippen LogP) is 2.89. The highest BCUT2D eigenvalue weighted by Gasteiger charge is 2.56. The number of aliphatic hydroxyl groups excluding tert-OH is 1. The lowest BCUT2D eigenvalue weighted by Gasteiger charge is -2.24. The Labute approximate surface area is 318 Å². The number of nitrogens with zero attached hydrogens (tertiary/aromatic N) is 2. The van der Waals surface area contributed by atoms with E-state index in [9.17, 15) is 49.3 Å². The van der Waals surface area contributed by atoms with E-state index in [0.29, 0.717) is 53.9 Å². The van der Waals surface area contributed by atoms with E-state index in [1.165, 1.54) is 18.2 Å². The van der Waals surface area contributed by atoms with Crippen LogP contribution in [0.2, 0.25) is 0 Å². The third-order valence-electron chi connectivity index (χ3n) is 11.0. The average molecular weight is 818 g/mol. The Morgan fingerprint density at radius 1 is 0.963 bits per heavy atom. The first-order valence-electron chi connectivity index (χ1n) is 17.3. The van der Waals surface area contributed by atoms with Gasteiger partial charge in [-0.1, -0.05) is 12.2 Å². The molecule has 3 aliphatic carbocycles. The summed E-state index contributed by atoms with van der Waals surface area (Å²) in [6, 6.07) is 9.40. The van der Waals surface area contributed by atoms with Crippen LogP contribution in [0.25, 0.3) is 0 Å². The largest absolute Gasteiger partial charge is 0.748 e. The minimum Gasteiger partial charge on any atom is -0.748 e.